The number of para-hydroxylation sites is 1. The van der Waals surface area contributed by atoms with E-state index in [4.69, 9.17) is 5.11 Å². The molecule has 0 atom stereocenters. The third-order valence-corrected chi connectivity index (χ3v) is 3.60. The van der Waals surface area contributed by atoms with Crippen molar-refractivity contribution in [2.24, 2.45) is 0 Å². The fraction of sp³-hybridized carbons (Fsp3) is 0.429. The van der Waals surface area contributed by atoms with Crippen molar-refractivity contribution >= 4 is 17.0 Å². The Balaban J connectivity index is 2.18. The molecule has 1 saturated carbocycles. The van der Waals surface area contributed by atoms with Gasteiger partial charge in [0.1, 0.15) is 17.9 Å². The second-order valence-electron chi connectivity index (χ2n) is 5.32. The molecule has 2 aromatic rings. The third kappa shape index (κ3) is 2.49. The lowest BCUT2D eigenvalue weighted by molar-refractivity contribution is -0.0626. The first-order chi connectivity index (χ1) is 9.93. The van der Waals surface area contributed by atoms with Crippen LogP contribution in [0.4, 0.5) is 8.78 Å². The third-order valence-electron chi connectivity index (χ3n) is 3.60. The van der Waals surface area contributed by atoms with Crippen LogP contribution in [0, 0.1) is 0 Å². The lowest BCUT2D eigenvalue weighted by atomic mass is 10.2. The lowest BCUT2D eigenvalue weighted by Gasteiger charge is -2.16. The van der Waals surface area contributed by atoms with Crippen LogP contribution in [0.2, 0.25) is 0 Å². The maximum absolute atomic E-state index is 13.6. The molecule has 3 rings (SSSR count). The Labute approximate surface area is 118 Å². The molecular formula is C14H14F2N2O3. The van der Waals surface area contributed by atoms with Crippen molar-refractivity contribution in [3.8, 4) is 0 Å². The summed E-state index contributed by atoms with van der Waals surface area (Å²) in [5.74, 6) is -3.84. The largest absolute Gasteiger partial charge is 0.478 e. The average Bonchev–Trinajstić information content (AvgIpc) is 3.22. The van der Waals surface area contributed by atoms with Gasteiger partial charge in [-0.05, 0) is 25.0 Å². The number of aliphatic hydroxyl groups is 1. The van der Waals surface area contributed by atoms with Crippen LogP contribution >= 0.6 is 0 Å². The standard InChI is InChI=1S/C14H14F2N2O3/c15-14(16,7-19)6-18-10-3-1-2-9(13(20)21)11(10)17-12(18)8-4-5-8/h1-3,8,19H,4-7H2,(H,20,21). The van der Waals surface area contributed by atoms with Gasteiger partial charge in [-0.25, -0.2) is 18.6 Å². The van der Waals surface area contributed by atoms with Gasteiger partial charge in [-0.1, -0.05) is 6.07 Å². The van der Waals surface area contributed by atoms with E-state index < -0.39 is 25.0 Å². The molecule has 0 saturated heterocycles. The molecule has 1 aliphatic carbocycles. The molecule has 0 spiro atoms. The number of halogens is 2. The van der Waals surface area contributed by atoms with E-state index >= 15 is 0 Å². The Kier molecular flexibility index (Phi) is 3.16. The SMILES string of the molecule is O=C(O)c1cccc2c1nc(C1CC1)n2CC(F)(F)CO. The molecule has 0 bridgehead atoms. The van der Waals surface area contributed by atoms with Gasteiger partial charge in [0, 0.05) is 5.92 Å². The summed E-state index contributed by atoms with van der Waals surface area (Å²) in [4.78, 5) is 15.5. The molecular weight excluding hydrogens is 282 g/mol. The van der Waals surface area contributed by atoms with Crippen molar-refractivity contribution in [2.75, 3.05) is 6.61 Å². The van der Waals surface area contributed by atoms with E-state index in [1.54, 1.807) is 6.07 Å². The van der Waals surface area contributed by atoms with Gasteiger partial charge in [0.05, 0.1) is 17.6 Å². The van der Waals surface area contributed by atoms with Crippen molar-refractivity contribution in [1.29, 1.82) is 0 Å². The number of hydrogen-bond acceptors (Lipinski definition) is 3. The van der Waals surface area contributed by atoms with Gasteiger partial charge in [0.2, 0.25) is 0 Å². The van der Waals surface area contributed by atoms with Gasteiger partial charge in [0.25, 0.3) is 5.92 Å². The number of alkyl halides is 2. The van der Waals surface area contributed by atoms with Crippen LogP contribution in [0.5, 0.6) is 0 Å². The maximum atomic E-state index is 13.6. The van der Waals surface area contributed by atoms with Gasteiger partial charge in [-0.2, -0.15) is 0 Å². The lowest BCUT2D eigenvalue weighted by Crippen LogP contribution is -2.28. The van der Waals surface area contributed by atoms with Gasteiger partial charge in [0.15, 0.2) is 0 Å². The zero-order valence-electron chi connectivity index (χ0n) is 11.1. The van der Waals surface area contributed by atoms with Crippen molar-refractivity contribution in [1.82, 2.24) is 9.55 Å². The highest BCUT2D eigenvalue weighted by Gasteiger charge is 2.35. The van der Waals surface area contributed by atoms with Gasteiger partial charge < -0.3 is 14.8 Å². The van der Waals surface area contributed by atoms with Gasteiger partial charge in [-0.15, -0.1) is 0 Å². The molecule has 0 amide bonds. The summed E-state index contributed by atoms with van der Waals surface area (Å²) in [7, 11) is 0. The van der Waals surface area contributed by atoms with Crippen LogP contribution in [0.1, 0.15) is 34.9 Å². The van der Waals surface area contributed by atoms with E-state index in [0.717, 1.165) is 12.8 Å². The van der Waals surface area contributed by atoms with E-state index in [1.807, 2.05) is 0 Å². The van der Waals surface area contributed by atoms with Crippen LogP contribution in [-0.2, 0) is 6.54 Å². The van der Waals surface area contributed by atoms with Crippen molar-refractivity contribution in [3.63, 3.8) is 0 Å². The molecule has 112 valence electrons. The second-order valence-corrected chi connectivity index (χ2v) is 5.32. The molecule has 21 heavy (non-hydrogen) atoms. The van der Waals surface area contributed by atoms with Crippen molar-refractivity contribution in [3.05, 3.63) is 29.6 Å². The minimum Gasteiger partial charge on any atom is -0.478 e. The van der Waals surface area contributed by atoms with E-state index in [1.165, 1.54) is 16.7 Å². The summed E-state index contributed by atoms with van der Waals surface area (Å²) in [5.41, 5.74) is 0.589. The van der Waals surface area contributed by atoms with E-state index in [9.17, 15) is 18.7 Å². The van der Waals surface area contributed by atoms with Crippen molar-refractivity contribution < 1.29 is 23.8 Å². The van der Waals surface area contributed by atoms with Crippen LogP contribution in [0.15, 0.2) is 18.2 Å². The number of fused-ring (bicyclic) bond motifs is 1. The van der Waals surface area contributed by atoms with Gasteiger partial charge >= 0.3 is 5.97 Å². The van der Waals surface area contributed by atoms with Gasteiger partial charge in [-0.3, -0.25) is 0 Å². The number of nitrogens with zero attached hydrogens (tertiary/aromatic N) is 2. The first-order valence-corrected chi connectivity index (χ1v) is 6.64. The first kappa shape index (κ1) is 13.9. The number of carbonyl (C=O) groups is 1. The Bertz CT molecular complexity index is 708. The zero-order valence-corrected chi connectivity index (χ0v) is 11.1. The molecule has 1 fully saturated rings. The molecule has 1 aromatic carbocycles. The van der Waals surface area contributed by atoms with Crippen LogP contribution < -0.4 is 0 Å². The fourth-order valence-corrected chi connectivity index (χ4v) is 2.44. The van der Waals surface area contributed by atoms with E-state index in [-0.39, 0.29) is 17.0 Å². The Hall–Kier alpha value is -2.02. The Morgan fingerprint density at radius 1 is 1.43 bits per heavy atom. The summed E-state index contributed by atoms with van der Waals surface area (Å²) in [6, 6.07) is 4.49. The summed E-state index contributed by atoms with van der Waals surface area (Å²) in [5, 5.41) is 18.0. The minimum absolute atomic E-state index is 0.000430. The predicted octanol–water partition coefficient (Wildman–Crippen LogP) is 2.24. The normalized spacial score (nSPS) is 15.6. The number of carboxylic acids is 1. The molecule has 0 radical (unpaired) electrons. The highest BCUT2D eigenvalue weighted by Crippen LogP contribution is 2.41. The molecule has 1 aliphatic rings. The number of carboxylic acid groups (broad SMARTS) is 1. The number of hydrogen-bond donors (Lipinski definition) is 2. The number of rotatable bonds is 5. The number of aromatic carboxylic acids is 1. The summed E-state index contributed by atoms with van der Waals surface area (Å²) in [6.45, 7) is -1.95. The Morgan fingerprint density at radius 3 is 2.71 bits per heavy atom. The minimum atomic E-state index is -3.27. The predicted molar refractivity (Wildman–Crippen MR) is 70.7 cm³/mol. The van der Waals surface area contributed by atoms with Crippen molar-refractivity contribution in [2.45, 2.75) is 31.2 Å². The molecule has 0 unspecified atom stereocenters. The molecule has 0 aliphatic heterocycles. The summed E-state index contributed by atoms with van der Waals surface area (Å²) < 4.78 is 28.4. The molecule has 2 N–H and O–H groups in total. The topological polar surface area (TPSA) is 75.3 Å². The highest BCUT2D eigenvalue weighted by atomic mass is 19.3. The van der Waals surface area contributed by atoms with Crippen LogP contribution in [0.25, 0.3) is 11.0 Å². The number of aliphatic hydroxyl groups excluding tert-OH is 1. The molecule has 7 heteroatoms. The van der Waals surface area contributed by atoms with Crippen LogP contribution in [-0.4, -0.2) is 38.3 Å². The van der Waals surface area contributed by atoms with Crippen LogP contribution in [0.3, 0.4) is 0 Å². The quantitative estimate of drug-likeness (QED) is 0.887. The zero-order chi connectivity index (χ0) is 15.2. The fourth-order valence-electron chi connectivity index (χ4n) is 2.44. The first-order valence-electron chi connectivity index (χ1n) is 6.64. The second kappa shape index (κ2) is 4.77. The molecule has 5 nitrogen and oxygen atoms in total. The van der Waals surface area contributed by atoms with E-state index in [0.29, 0.717) is 11.3 Å². The number of benzene rings is 1. The molecule has 1 heterocycles. The average molecular weight is 296 g/mol. The molecule has 1 aromatic heterocycles. The number of aromatic nitrogens is 2. The smallest absolute Gasteiger partial charge is 0.337 e. The number of imidazole rings is 1. The monoisotopic (exact) mass is 296 g/mol. The Morgan fingerprint density at radius 2 is 2.14 bits per heavy atom. The highest BCUT2D eigenvalue weighted by molar-refractivity contribution is 6.01. The van der Waals surface area contributed by atoms with E-state index in [2.05, 4.69) is 4.98 Å². The summed E-state index contributed by atoms with van der Waals surface area (Å²) >= 11 is 0. The summed E-state index contributed by atoms with van der Waals surface area (Å²) in [6.07, 6.45) is 1.72. The maximum Gasteiger partial charge on any atom is 0.337 e.